The molecule has 1 aromatic rings. The topological polar surface area (TPSA) is 96.2 Å². The summed E-state index contributed by atoms with van der Waals surface area (Å²) in [6.45, 7) is 4.61. The standard InChI is InChI=1S/C11H20N6O/c1-11(2,17(3)4)7-13-10(18)8-5-6-9(14-12)16-15-8/h5-6H,7,12H2,1-4H3,(H,13,18)(H,14,16). The molecule has 4 N–H and O–H groups in total. The number of aromatic nitrogens is 2. The molecule has 100 valence electrons. The minimum Gasteiger partial charge on any atom is -0.349 e. The average Bonchev–Trinajstić information content (AvgIpc) is 2.36. The minimum atomic E-state index is -0.249. The van der Waals surface area contributed by atoms with E-state index in [1.807, 2.05) is 32.8 Å². The number of carbonyl (C=O) groups is 1. The Morgan fingerprint density at radius 1 is 1.39 bits per heavy atom. The molecule has 0 spiro atoms. The number of hydrogen-bond donors (Lipinski definition) is 3. The van der Waals surface area contributed by atoms with Crippen LogP contribution in [-0.4, -0.2) is 47.2 Å². The van der Waals surface area contributed by atoms with Crippen LogP contribution in [0.4, 0.5) is 5.82 Å². The number of nitrogens with zero attached hydrogens (tertiary/aromatic N) is 3. The first kappa shape index (κ1) is 14.3. The van der Waals surface area contributed by atoms with Gasteiger partial charge >= 0.3 is 0 Å². The lowest BCUT2D eigenvalue weighted by Crippen LogP contribution is -2.48. The second kappa shape index (κ2) is 5.74. The lowest BCUT2D eigenvalue weighted by Gasteiger charge is -2.32. The molecule has 0 aliphatic rings. The molecule has 0 bridgehead atoms. The largest absolute Gasteiger partial charge is 0.349 e. The smallest absolute Gasteiger partial charge is 0.271 e. The zero-order valence-electron chi connectivity index (χ0n) is 11.2. The van der Waals surface area contributed by atoms with E-state index in [2.05, 4.69) is 20.9 Å². The Morgan fingerprint density at radius 2 is 2.06 bits per heavy atom. The summed E-state index contributed by atoms with van der Waals surface area (Å²) in [5, 5.41) is 10.3. The number of nitrogens with two attached hydrogens (primary N) is 1. The third kappa shape index (κ3) is 3.64. The van der Waals surface area contributed by atoms with Crippen molar-refractivity contribution in [3.63, 3.8) is 0 Å². The van der Waals surface area contributed by atoms with Gasteiger partial charge in [0.2, 0.25) is 0 Å². The molecule has 1 amide bonds. The summed E-state index contributed by atoms with van der Waals surface area (Å²) in [5.41, 5.74) is 2.50. The van der Waals surface area contributed by atoms with Gasteiger partial charge in [0, 0.05) is 12.1 Å². The first-order valence-electron chi connectivity index (χ1n) is 5.63. The van der Waals surface area contributed by atoms with Gasteiger partial charge in [-0.15, -0.1) is 10.2 Å². The maximum atomic E-state index is 11.8. The predicted molar refractivity (Wildman–Crippen MR) is 69.9 cm³/mol. The molecule has 0 unspecified atom stereocenters. The fourth-order valence-electron chi connectivity index (χ4n) is 1.08. The number of anilines is 1. The maximum absolute atomic E-state index is 11.8. The Balaban J connectivity index is 2.60. The molecule has 0 radical (unpaired) electrons. The van der Waals surface area contributed by atoms with Crippen molar-refractivity contribution >= 4 is 11.7 Å². The molecular formula is C11H20N6O. The summed E-state index contributed by atoms with van der Waals surface area (Å²) < 4.78 is 0. The molecule has 0 aliphatic heterocycles. The second-order valence-corrected chi connectivity index (χ2v) is 4.84. The Bertz CT molecular complexity index is 400. The Morgan fingerprint density at radius 3 is 2.50 bits per heavy atom. The van der Waals surface area contributed by atoms with Crippen molar-refractivity contribution in [3.8, 4) is 0 Å². The van der Waals surface area contributed by atoms with Crippen LogP contribution in [0.2, 0.25) is 0 Å². The lowest BCUT2D eigenvalue weighted by molar-refractivity contribution is 0.0914. The highest BCUT2D eigenvalue weighted by atomic mass is 16.1. The molecule has 0 fully saturated rings. The van der Waals surface area contributed by atoms with Crippen molar-refractivity contribution in [2.24, 2.45) is 5.84 Å². The van der Waals surface area contributed by atoms with Gasteiger partial charge in [0.25, 0.3) is 5.91 Å². The molecule has 0 saturated carbocycles. The summed E-state index contributed by atoms with van der Waals surface area (Å²) >= 11 is 0. The van der Waals surface area contributed by atoms with Crippen molar-refractivity contribution < 1.29 is 4.79 Å². The molecule has 1 rings (SSSR count). The fourth-order valence-corrected chi connectivity index (χ4v) is 1.08. The number of hydrazine groups is 1. The van der Waals surface area contributed by atoms with Crippen LogP contribution in [0.3, 0.4) is 0 Å². The number of likely N-dealkylation sites (N-methyl/N-ethyl adjacent to an activating group) is 1. The summed E-state index contributed by atoms with van der Waals surface area (Å²) in [5.74, 6) is 5.33. The van der Waals surface area contributed by atoms with E-state index in [0.717, 1.165) is 0 Å². The van der Waals surface area contributed by atoms with Crippen molar-refractivity contribution in [1.82, 2.24) is 20.4 Å². The van der Waals surface area contributed by atoms with Gasteiger partial charge in [0.05, 0.1) is 0 Å². The molecule has 0 aliphatic carbocycles. The van der Waals surface area contributed by atoms with Gasteiger partial charge in [-0.2, -0.15) is 0 Å². The Hall–Kier alpha value is -1.73. The van der Waals surface area contributed by atoms with E-state index in [1.54, 1.807) is 12.1 Å². The Labute approximate surface area is 107 Å². The van der Waals surface area contributed by atoms with Crippen LogP contribution >= 0.6 is 0 Å². The zero-order valence-corrected chi connectivity index (χ0v) is 11.2. The van der Waals surface area contributed by atoms with Gasteiger partial charge < -0.3 is 15.6 Å². The molecule has 0 aromatic carbocycles. The quantitative estimate of drug-likeness (QED) is 0.497. The SMILES string of the molecule is CN(C)C(C)(C)CNC(=O)c1ccc(NN)nn1. The van der Waals surface area contributed by atoms with Crippen LogP contribution in [0, 0.1) is 0 Å². The van der Waals surface area contributed by atoms with E-state index in [1.165, 1.54) is 0 Å². The van der Waals surface area contributed by atoms with Gasteiger partial charge in [0.1, 0.15) is 0 Å². The number of carbonyl (C=O) groups excluding carboxylic acids is 1. The van der Waals surface area contributed by atoms with E-state index in [9.17, 15) is 4.79 Å². The first-order chi connectivity index (χ1) is 8.36. The third-order valence-electron chi connectivity index (χ3n) is 2.94. The summed E-state index contributed by atoms with van der Waals surface area (Å²) in [6, 6.07) is 3.17. The van der Waals surface area contributed by atoms with Crippen molar-refractivity contribution in [3.05, 3.63) is 17.8 Å². The zero-order chi connectivity index (χ0) is 13.8. The molecule has 18 heavy (non-hydrogen) atoms. The van der Waals surface area contributed by atoms with Crippen LogP contribution in [0.25, 0.3) is 0 Å². The maximum Gasteiger partial charge on any atom is 0.271 e. The fraction of sp³-hybridized carbons (Fsp3) is 0.545. The molecule has 7 nitrogen and oxygen atoms in total. The van der Waals surface area contributed by atoms with Crippen LogP contribution in [0.1, 0.15) is 24.3 Å². The van der Waals surface area contributed by atoms with Crippen LogP contribution in [0.5, 0.6) is 0 Å². The van der Waals surface area contributed by atoms with E-state index in [-0.39, 0.29) is 17.1 Å². The highest BCUT2D eigenvalue weighted by Gasteiger charge is 2.21. The highest BCUT2D eigenvalue weighted by Crippen LogP contribution is 2.08. The highest BCUT2D eigenvalue weighted by molar-refractivity contribution is 5.92. The third-order valence-corrected chi connectivity index (χ3v) is 2.94. The van der Waals surface area contributed by atoms with E-state index in [0.29, 0.717) is 12.4 Å². The van der Waals surface area contributed by atoms with Crippen LogP contribution < -0.4 is 16.6 Å². The van der Waals surface area contributed by atoms with E-state index >= 15 is 0 Å². The molecule has 0 saturated heterocycles. The van der Waals surface area contributed by atoms with Crippen LogP contribution in [-0.2, 0) is 0 Å². The number of amides is 1. The van der Waals surface area contributed by atoms with E-state index < -0.39 is 0 Å². The normalized spacial score (nSPS) is 11.4. The first-order valence-corrected chi connectivity index (χ1v) is 5.63. The van der Waals surface area contributed by atoms with Gasteiger partial charge in [0.15, 0.2) is 11.5 Å². The monoisotopic (exact) mass is 252 g/mol. The van der Waals surface area contributed by atoms with Gasteiger partial charge in [-0.25, -0.2) is 5.84 Å². The number of rotatable bonds is 5. The van der Waals surface area contributed by atoms with Crippen molar-refractivity contribution in [2.75, 3.05) is 26.1 Å². The summed E-state index contributed by atoms with van der Waals surface area (Å²) in [4.78, 5) is 13.9. The summed E-state index contributed by atoms with van der Waals surface area (Å²) in [6.07, 6.45) is 0. The molecule has 0 atom stereocenters. The van der Waals surface area contributed by atoms with E-state index in [4.69, 9.17) is 5.84 Å². The molecule has 1 aromatic heterocycles. The minimum absolute atomic E-state index is 0.123. The predicted octanol–water partition coefficient (Wildman–Crippen LogP) is -0.168. The van der Waals surface area contributed by atoms with Crippen molar-refractivity contribution in [1.29, 1.82) is 0 Å². The average molecular weight is 252 g/mol. The lowest BCUT2D eigenvalue weighted by atomic mass is 10.0. The number of hydrogen-bond acceptors (Lipinski definition) is 6. The van der Waals surface area contributed by atoms with Gasteiger partial charge in [-0.05, 0) is 40.1 Å². The molecular weight excluding hydrogens is 232 g/mol. The summed E-state index contributed by atoms with van der Waals surface area (Å²) in [7, 11) is 3.93. The second-order valence-electron chi connectivity index (χ2n) is 4.84. The Kier molecular flexibility index (Phi) is 4.57. The van der Waals surface area contributed by atoms with Gasteiger partial charge in [-0.1, -0.05) is 0 Å². The molecule has 7 heteroatoms. The van der Waals surface area contributed by atoms with Crippen LogP contribution in [0.15, 0.2) is 12.1 Å². The molecule has 1 heterocycles. The number of nitrogens with one attached hydrogen (secondary N) is 2. The van der Waals surface area contributed by atoms with Gasteiger partial charge in [-0.3, -0.25) is 4.79 Å². The van der Waals surface area contributed by atoms with Crippen molar-refractivity contribution in [2.45, 2.75) is 19.4 Å². The number of nitrogen functional groups attached to an aromatic ring is 1.